The number of nitrogens with two attached hydrogens (primary N) is 1. The number of hydrogen-bond acceptors (Lipinski definition) is 4. The van der Waals surface area contributed by atoms with Gasteiger partial charge in [-0.15, -0.1) is 0 Å². The van der Waals surface area contributed by atoms with Crippen molar-refractivity contribution in [1.29, 1.82) is 0 Å². The summed E-state index contributed by atoms with van der Waals surface area (Å²) in [4.78, 5) is 18.1. The maximum Gasteiger partial charge on any atom is 0.319 e. The van der Waals surface area contributed by atoms with Gasteiger partial charge in [0.15, 0.2) is 0 Å². The van der Waals surface area contributed by atoms with Gasteiger partial charge >= 0.3 is 6.03 Å². The van der Waals surface area contributed by atoms with E-state index in [0.29, 0.717) is 18.8 Å². The smallest absolute Gasteiger partial charge is 0.319 e. The van der Waals surface area contributed by atoms with Crippen LogP contribution in [0.3, 0.4) is 0 Å². The minimum atomic E-state index is -0.459. The van der Waals surface area contributed by atoms with Crippen LogP contribution in [0.1, 0.15) is 0 Å². The molecule has 114 valence electrons. The third-order valence-corrected chi connectivity index (χ3v) is 3.43. The fraction of sp³-hybridized carbons (Fsp3) is 0.200. The predicted molar refractivity (Wildman–Crippen MR) is 83.2 cm³/mol. The van der Waals surface area contributed by atoms with E-state index < -0.39 is 11.8 Å². The van der Waals surface area contributed by atoms with Crippen molar-refractivity contribution in [3.8, 4) is 0 Å². The molecule has 0 aliphatic carbocycles. The number of halogens is 1. The minimum Gasteiger partial charge on any atom is -0.397 e. The molecule has 0 spiro atoms. The summed E-state index contributed by atoms with van der Waals surface area (Å²) < 4.78 is 13.4. The summed E-state index contributed by atoms with van der Waals surface area (Å²) in [7, 11) is 0. The Morgan fingerprint density at radius 2 is 2.05 bits per heavy atom. The van der Waals surface area contributed by atoms with Crippen molar-refractivity contribution in [2.75, 3.05) is 29.0 Å². The van der Waals surface area contributed by atoms with E-state index in [2.05, 4.69) is 15.6 Å². The lowest BCUT2D eigenvalue weighted by atomic mass is 10.1. The summed E-state index contributed by atoms with van der Waals surface area (Å²) in [5.41, 5.74) is 6.37. The van der Waals surface area contributed by atoms with Gasteiger partial charge in [0.1, 0.15) is 11.6 Å². The molecule has 1 aromatic carbocycles. The van der Waals surface area contributed by atoms with E-state index in [9.17, 15) is 9.18 Å². The van der Waals surface area contributed by atoms with Crippen LogP contribution in [0.15, 0.2) is 42.6 Å². The summed E-state index contributed by atoms with van der Waals surface area (Å²) in [6.45, 7) is 1.31. The molecule has 22 heavy (non-hydrogen) atoms. The maximum absolute atomic E-state index is 13.4. The molecular formula is C15H16FN5O. The summed E-state index contributed by atoms with van der Waals surface area (Å²) >= 11 is 0. The van der Waals surface area contributed by atoms with Crippen LogP contribution in [0.4, 0.5) is 26.4 Å². The summed E-state index contributed by atoms with van der Waals surface area (Å²) in [5, 5.41) is 5.29. The van der Waals surface area contributed by atoms with Gasteiger partial charge in [-0.05, 0) is 24.3 Å². The van der Waals surface area contributed by atoms with Crippen LogP contribution in [-0.2, 0) is 0 Å². The molecular weight excluding hydrogens is 285 g/mol. The third-order valence-electron chi connectivity index (χ3n) is 3.43. The van der Waals surface area contributed by atoms with E-state index in [1.165, 1.54) is 12.1 Å². The van der Waals surface area contributed by atoms with Crippen LogP contribution in [0.25, 0.3) is 0 Å². The Labute approximate surface area is 127 Å². The van der Waals surface area contributed by atoms with Crippen molar-refractivity contribution in [1.82, 2.24) is 10.3 Å². The summed E-state index contributed by atoms with van der Waals surface area (Å²) in [6.07, 6.45) is 1.60. The number of para-hydroxylation sites is 1. The van der Waals surface area contributed by atoms with Crippen molar-refractivity contribution < 1.29 is 9.18 Å². The second-order valence-electron chi connectivity index (χ2n) is 5.13. The van der Waals surface area contributed by atoms with Gasteiger partial charge in [0.2, 0.25) is 0 Å². The van der Waals surface area contributed by atoms with Crippen LogP contribution in [0.2, 0.25) is 0 Å². The van der Waals surface area contributed by atoms with E-state index in [0.717, 1.165) is 5.82 Å². The van der Waals surface area contributed by atoms with Gasteiger partial charge in [-0.2, -0.15) is 0 Å². The number of urea groups is 1. The Balaban J connectivity index is 1.49. The number of rotatable bonds is 3. The first-order valence-electron chi connectivity index (χ1n) is 6.90. The van der Waals surface area contributed by atoms with Crippen molar-refractivity contribution in [2.24, 2.45) is 0 Å². The molecule has 0 unspecified atom stereocenters. The molecule has 1 aromatic heterocycles. The van der Waals surface area contributed by atoms with Gasteiger partial charge in [0.25, 0.3) is 0 Å². The zero-order valence-electron chi connectivity index (χ0n) is 11.8. The number of carbonyl (C=O) groups is 1. The van der Waals surface area contributed by atoms with Crippen molar-refractivity contribution in [3.63, 3.8) is 0 Å². The fourth-order valence-electron chi connectivity index (χ4n) is 2.25. The predicted octanol–water partition coefficient (Wildman–Crippen LogP) is 1.81. The fourth-order valence-corrected chi connectivity index (χ4v) is 2.25. The van der Waals surface area contributed by atoms with Crippen molar-refractivity contribution in [3.05, 3.63) is 48.4 Å². The number of hydrogen-bond donors (Lipinski definition) is 3. The molecule has 4 N–H and O–H groups in total. The number of carbonyl (C=O) groups excluding carboxylic acids is 1. The van der Waals surface area contributed by atoms with Crippen molar-refractivity contribution >= 4 is 23.2 Å². The first-order chi connectivity index (χ1) is 10.6. The van der Waals surface area contributed by atoms with Gasteiger partial charge in [-0.3, -0.25) is 0 Å². The summed E-state index contributed by atoms with van der Waals surface area (Å²) in [5.74, 6) is 0.362. The normalized spacial score (nSPS) is 14.3. The lowest BCUT2D eigenvalue weighted by molar-refractivity contribution is 0.245. The molecule has 0 atom stereocenters. The second kappa shape index (κ2) is 5.88. The molecule has 1 aliphatic heterocycles. The Kier molecular flexibility index (Phi) is 3.78. The number of benzene rings is 1. The van der Waals surface area contributed by atoms with E-state index >= 15 is 0 Å². The van der Waals surface area contributed by atoms with Gasteiger partial charge in [-0.1, -0.05) is 12.1 Å². The molecule has 0 saturated carbocycles. The molecule has 1 fully saturated rings. The molecule has 2 amide bonds. The Morgan fingerprint density at radius 1 is 1.27 bits per heavy atom. The number of nitrogens with one attached hydrogen (secondary N) is 2. The minimum absolute atomic E-state index is 0.00567. The second-order valence-corrected chi connectivity index (χ2v) is 5.13. The molecule has 0 radical (unpaired) electrons. The van der Waals surface area contributed by atoms with Crippen molar-refractivity contribution in [2.45, 2.75) is 6.04 Å². The number of nitrogen functional groups attached to an aromatic ring is 1. The molecule has 2 aromatic rings. The van der Waals surface area contributed by atoms with Crippen LogP contribution in [-0.4, -0.2) is 30.1 Å². The van der Waals surface area contributed by atoms with Gasteiger partial charge in [0.05, 0.1) is 23.6 Å². The van der Waals surface area contributed by atoms with E-state index in [-0.39, 0.29) is 11.7 Å². The van der Waals surface area contributed by atoms with Gasteiger partial charge in [0, 0.05) is 13.1 Å². The first-order valence-corrected chi connectivity index (χ1v) is 6.90. The number of anilines is 3. The van der Waals surface area contributed by atoms with E-state index in [1.807, 2.05) is 11.0 Å². The first kappa shape index (κ1) is 14.1. The van der Waals surface area contributed by atoms with Crippen LogP contribution in [0.5, 0.6) is 0 Å². The Bertz CT molecular complexity index is 670. The highest BCUT2D eigenvalue weighted by Crippen LogP contribution is 2.19. The highest BCUT2D eigenvalue weighted by atomic mass is 19.1. The molecule has 1 aliphatic rings. The van der Waals surface area contributed by atoms with E-state index in [1.54, 1.807) is 24.4 Å². The van der Waals surface area contributed by atoms with Gasteiger partial charge < -0.3 is 21.3 Å². The zero-order valence-corrected chi connectivity index (χ0v) is 11.8. The standard InChI is InChI=1S/C15H16FN5O/c16-12-3-1-2-4-13(12)20-15(22)19-11-8-21(9-11)14-6-5-10(17)7-18-14/h1-7,11H,8-9,17H2,(H2,19,20,22). The number of pyridine rings is 1. The maximum atomic E-state index is 13.4. The average molecular weight is 301 g/mol. The lowest BCUT2D eigenvalue weighted by Crippen LogP contribution is -2.60. The number of aromatic nitrogens is 1. The van der Waals surface area contributed by atoms with E-state index in [4.69, 9.17) is 5.73 Å². The molecule has 0 bridgehead atoms. The zero-order chi connectivity index (χ0) is 15.5. The van der Waals surface area contributed by atoms with Crippen LogP contribution < -0.4 is 21.3 Å². The molecule has 6 nitrogen and oxygen atoms in total. The molecule has 2 heterocycles. The lowest BCUT2D eigenvalue weighted by Gasteiger charge is -2.40. The highest BCUT2D eigenvalue weighted by Gasteiger charge is 2.29. The van der Waals surface area contributed by atoms with Crippen LogP contribution >= 0.6 is 0 Å². The molecule has 1 saturated heterocycles. The largest absolute Gasteiger partial charge is 0.397 e. The number of amides is 2. The monoisotopic (exact) mass is 301 g/mol. The van der Waals surface area contributed by atoms with Gasteiger partial charge in [-0.25, -0.2) is 14.2 Å². The van der Waals surface area contributed by atoms with Crippen LogP contribution in [0, 0.1) is 5.82 Å². The average Bonchev–Trinajstić information content (AvgIpc) is 2.46. The SMILES string of the molecule is Nc1ccc(N2CC(NC(=O)Nc3ccccc3F)C2)nc1. The molecule has 7 heteroatoms. The molecule has 3 rings (SSSR count). The quantitative estimate of drug-likeness (QED) is 0.807. The Morgan fingerprint density at radius 3 is 2.73 bits per heavy atom. The topological polar surface area (TPSA) is 83.3 Å². The Hall–Kier alpha value is -2.83. The highest BCUT2D eigenvalue weighted by molar-refractivity contribution is 5.89. The number of nitrogens with zero attached hydrogens (tertiary/aromatic N) is 2. The summed E-state index contributed by atoms with van der Waals surface area (Å²) in [6, 6.07) is 9.26. The third kappa shape index (κ3) is 3.08.